The highest BCUT2D eigenvalue weighted by Gasteiger charge is 2.08. The maximum atomic E-state index is 11.8. The molecule has 0 unspecified atom stereocenters. The van der Waals surface area contributed by atoms with E-state index in [0.717, 1.165) is 5.56 Å². The van der Waals surface area contributed by atoms with Crippen molar-refractivity contribution in [2.45, 2.75) is 6.54 Å². The SMILES string of the molecule is O=C(Nc1ccc(Cn2cccn2)cc1)c1cn[nH]n1. The number of aromatic amines is 1. The molecule has 2 N–H and O–H groups in total. The lowest BCUT2D eigenvalue weighted by Crippen LogP contribution is -2.12. The minimum Gasteiger partial charge on any atom is -0.321 e. The molecule has 0 saturated heterocycles. The number of nitrogens with zero attached hydrogens (tertiary/aromatic N) is 4. The van der Waals surface area contributed by atoms with E-state index >= 15 is 0 Å². The first-order valence-electron chi connectivity index (χ1n) is 6.05. The van der Waals surface area contributed by atoms with E-state index in [2.05, 4.69) is 25.8 Å². The molecule has 2 aromatic heterocycles. The summed E-state index contributed by atoms with van der Waals surface area (Å²) in [5, 5.41) is 16.6. The molecule has 0 radical (unpaired) electrons. The average Bonchev–Trinajstić information content (AvgIpc) is 3.13. The minimum atomic E-state index is -0.293. The Hall–Kier alpha value is -2.96. The Labute approximate surface area is 114 Å². The molecule has 0 bridgehead atoms. The number of hydrogen-bond donors (Lipinski definition) is 2. The lowest BCUT2D eigenvalue weighted by atomic mass is 10.2. The lowest BCUT2D eigenvalue weighted by molar-refractivity contribution is 0.102. The number of carbonyl (C=O) groups excluding carboxylic acids is 1. The number of amides is 1. The van der Waals surface area contributed by atoms with Gasteiger partial charge in [-0.3, -0.25) is 9.48 Å². The quantitative estimate of drug-likeness (QED) is 0.746. The summed E-state index contributed by atoms with van der Waals surface area (Å²) >= 11 is 0. The monoisotopic (exact) mass is 268 g/mol. The van der Waals surface area contributed by atoms with Crippen LogP contribution in [0.15, 0.2) is 48.9 Å². The van der Waals surface area contributed by atoms with Crippen LogP contribution in [0.2, 0.25) is 0 Å². The van der Waals surface area contributed by atoms with Crippen LogP contribution in [-0.2, 0) is 6.54 Å². The molecule has 0 aliphatic rings. The zero-order valence-electron chi connectivity index (χ0n) is 10.5. The molecule has 2 heterocycles. The summed E-state index contributed by atoms with van der Waals surface area (Å²) in [5.41, 5.74) is 2.07. The Morgan fingerprint density at radius 2 is 2.15 bits per heavy atom. The predicted octanol–water partition coefficient (Wildman–Crippen LogP) is 1.30. The number of anilines is 1. The molecule has 7 nitrogen and oxygen atoms in total. The van der Waals surface area contributed by atoms with Crippen molar-refractivity contribution >= 4 is 11.6 Å². The highest BCUT2D eigenvalue weighted by atomic mass is 16.2. The van der Waals surface area contributed by atoms with Crippen molar-refractivity contribution in [2.24, 2.45) is 0 Å². The second-order valence-corrected chi connectivity index (χ2v) is 4.21. The largest absolute Gasteiger partial charge is 0.321 e. The third-order valence-electron chi connectivity index (χ3n) is 2.76. The molecule has 1 aromatic carbocycles. The number of hydrogen-bond acceptors (Lipinski definition) is 4. The van der Waals surface area contributed by atoms with Crippen molar-refractivity contribution in [3.8, 4) is 0 Å². The van der Waals surface area contributed by atoms with Crippen LogP contribution in [0.5, 0.6) is 0 Å². The van der Waals surface area contributed by atoms with Crippen molar-refractivity contribution in [2.75, 3.05) is 5.32 Å². The van der Waals surface area contributed by atoms with Gasteiger partial charge in [0.2, 0.25) is 0 Å². The van der Waals surface area contributed by atoms with Crippen LogP contribution in [0, 0.1) is 0 Å². The molecule has 3 rings (SSSR count). The molecule has 0 aliphatic heterocycles. The standard InChI is InChI=1S/C13H12N6O/c20-13(12-8-14-18-17-12)16-11-4-2-10(3-5-11)9-19-7-1-6-15-19/h1-8H,9H2,(H,16,20)(H,14,17,18). The molecule has 100 valence electrons. The summed E-state index contributed by atoms with van der Waals surface area (Å²) < 4.78 is 1.84. The van der Waals surface area contributed by atoms with Gasteiger partial charge >= 0.3 is 0 Å². The third-order valence-corrected chi connectivity index (χ3v) is 2.76. The summed E-state index contributed by atoms with van der Waals surface area (Å²) in [6.07, 6.45) is 5.02. The van der Waals surface area contributed by atoms with E-state index in [9.17, 15) is 4.79 Å². The highest BCUT2D eigenvalue weighted by molar-refractivity contribution is 6.02. The Bertz CT molecular complexity index is 672. The van der Waals surface area contributed by atoms with Gasteiger partial charge in [-0.05, 0) is 23.8 Å². The fourth-order valence-electron chi connectivity index (χ4n) is 1.78. The molecule has 0 saturated carbocycles. The van der Waals surface area contributed by atoms with Gasteiger partial charge in [0.15, 0.2) is 5.69 Å². The van der Waals surface area contributed by atoms with E-state index in [1.54, 1.807) is 6.20 Å². The molecule has 1 amide bonds. The summed E-state index contributed by atoms with van der Waals surface area (Å²) in [7, 11) is 0. The molecule has 0 fully saturated rings. The van der Waals surface area contributed by atoms with Gasteiger partial charge < -0.3 is 5.32 Å². The van der Waals surface area contributed by atoms with Crippen LogP contribution >= 0.6 is 0 Å². The van der Waals surface area contributed by atoms with Gasteiger partial charge in [0, 0.05) is 18.1 Å². The normalized spacial score (nSPS) is 10.4. The first-order valence-corrected chi connectivity index (χ1v) is 6.05. The molecular weight excluding hydrogens is 256 g/mol. The van der Waals surface area contributed by atoms with E-state index in [0.29, 0.717) is 12.2 Å². The van der Waals surface area contributed by atoms with E-state index in [4.69, 9.17) is 0 Å². The predicted molar refractivity (Wildman–Crippen MR) is 72.1 cm³/mol. The van der Waals surface area contributed by atoms with Crippen molar-refractivity contribution in [1.82, 2.24) is 25.2 Å². The Morgan fingerprint density at radius 3 is 2.80 bits per heavy atom. The summed E-state index contributed by atoms with van der Waals surface area (Å²) in [6.45, 7) is 0.699. The van der Waals surface area contributed by atoms with Gasteiger partial charge in [-0.25, -0.2) is 0 Å². The van der Waals surface area contributed by atoms with E-state index < -0.39 is 0 Å². The van der Waals surface area contributed by atoms with Gasteiger partial charge in [0.1, 0.15) is 0 Å². The molecule has 0 atom stereocenters. The number of benzene rings is 1. The van der Waals surface area contributed by atoms with Gasteiger partial charge in [-0.15, -0.1) is 0 Å². The zero-order valence-corrected chi connectivity index (χ0v) is 10.5. The maximum absolute atomic E-state index is 11.8. The minimum absolute atomic E-state index is 0.255. The number of rotatable bonds is 4. The molecule has 20 heavy (non-hydrogen) atoms. The lowest BCUT2D eigenvalue weighted by Gasteiger charge is -2.05. The fourth-order valence-corrected chi connectivity index (χ4v) is 1.78. The van der Waals surface area contributed by atoms with E-state index in [1.807, 2.05) is 41.2 Å². The number of nitrogens with one attached hydrogen (secondary N) is 2. The van der Waals surface area contributed by atoms with Crippen LogP contribution in [0.25, 0.3) is 0 Å². The van der Waals surface area contributed by atoms with Crippen molar-refractivity contribution in [1.29, 1.82) is 0 Å². The molecular formula is C13H12N6O. The molecule has 0 spiro atoms. The smallest absolute Gasteiger partial charge is 0.277 e. The van der Waals surface area contributed by atoms with E-state index in [-0.39, 0.29) is 11.6 Å². The first-order chi connectivity index (χ1) is 9.81. The van der Waals surface area contributed by atoms with Crippen LogP contribution in [-0.4, -0.2) is 31.1 Å². The molecule has 0 aliphatic carbocycles. The van der Waals surface area contributed by atoms with Crippen LogP contribution < -0.4 is 5.32 Å². The second-order valence-electron chi connectivity index (χ2n) is 4.21. The summed E-state index contributed by atoms with van der Waals surface area (Å²) in [5.74, 6) is -0.293. The Kier molecular flexibility index (Phi) is 3.24. The van der Waals surface area contributed by atoms with Gasteiger partial charge in [-0.1, -0.05) is 12.1 Å². The molecule has 3 aromatic rings. The zero-order chi connectivity index (χ0) is 13.8. The van der Waals surface area contributed by atoms with Crippen LogP contribution in [0.1, 0.15) is 16.1 Å². The second kappa shape index (κ2) is 5.35. The summed E-state index contributed by atoms with van der Waals surface area (Å²) in [6, 6.07) is 9.46. The van der Waals surface area contributed by atoms with Crippen LogP contribution in [0.4, 0.5) is 5.69 Å². The van der Waals surface area contributed by atoms with Gasteiger partial charge in [0.05, 0.1) is 12.7 Å². The van der Waals surface area contributed by atoms with Gasteiger partial charge in [0.25, 0.3) is 5.91 Å². The average molecular weight is 268 g/mol. The number of carbonyl (C=O) groups is 1. The fraction of sp³-hybridized carbons (Fsp3) is 0.0769. The Morgan fingerprint density at radius 1 is 1.30 bits per heavy atom. The summed E-state index contributed by atoms with van der Waals surface area (Å²) in [4.78, 5) is 11.8. The third kappa shape index (κ3) is 2.72. The van der Waals surface area contributed by atoms with Crippen molar-refractivity contribution < 1.29 is 4.79 Å². The number of H-pyrrole nitrogens is 1. The van der Waals surface area contributed by atoms with E-state index in [1.165, 1.54) is 6.20 Å². The van der Waals surface area contributed by atoms with Gasteiger partial charge in [-0.2, -0.15) is 20.5 Å². The Balaban J connectivity index is 1.65. The highest BCUT2D eigenvalue weighted by Crippen LogP contribution is 2.11. The van der Waals surface area contributed by atoms with Crippen molar-refractivity contribution in [3.05, 3.63) is 60.2 Å². The first kappa shape index (κ1) is 12.1. The molecule has 7 heteroatoms. The van der Waals surface area contributed by atoms with Crippen molar-refractivity contribution in [3.63, 3.8) is 0 Å². The topological polar surface area (TPSA) is 88.5 Å². The number of aromatic nitrogens is 5. The van der Waals surface area contributed by atoms with Crippen LogP contribution in [0.3, 0.4) is 0 Å². The maximum Gasteiger partial charge on any atom is 0.277 e.